The van der Waals surface area contributed by atoms with Gasteiger partial charge in [0.15, 0.2) is 0 Å². The zero-order valence-electron chi connectivity index (χ0n) is 8.16. The van der Waals surface area contributed by atoms with Crippen LogP contribution in [-0.4, -0.2) is 10.6 Å². The molecular formula is C11H13NO. The number of hydrogen-bond acceptors (Lipinski definition) is 2. The van der Waals surface area contributed by atoms with Crippen molar-refractivity contribution in [2.45, 2.75) is 26.4 Å². The molecule has 0 saturated carbocycles. The standard InChI is InChI=1S/C11H13NO/c1-5-9-6-7-12-10(8-9)13-11(2,3)4/h1,6-8H,2-4H3. The molecule has 2 heteroatoms. The second-order valence-corrected chi connectivity index (χ2v) is 3.74. The molecule has 13 heavy (non-hydrogen) atoms. The molecule has 0 aliphatic rings. The van der Waals surface area contributed by atoms with Crippen molar-refractivity contribution in [3.8, 4) is 18.2 Å². The van der Waals surface area contributed by atoms with E-state index in [0.717, 1.165) is 5.56 Å². The van der Waals surface area contributed by atoms with E-state index < -0.39 is 0 Å². The zero-order valence-corrected chi connectivity index (χ0v) is 8.16. The van der Waals surface area contributed by atoms with Crippen LogP contribution >= 0.6 is 0 Å². The van der Waals surface area contributed by atoms with E-state index in [2.05, 4.69) is 10.9 Å². The van der Waals surface area contributed by atoms with Gasteiger partial charge in [0.2, 0.25) is 5.88 Å². The van der Waals surface area contributed by atoms with Crippen molar-refractivity contribution in [2.75, 3.05) is 0 Å². The highest BCUT2D eigenvalue weighted by Gasteiger charge is 2.12. The maximum atomic E-state index is 5.54. The van der Waals surface area contributed by atoms with E-state index in [4.69, 9.17) is 11.2 Å². The molecular weight excluding hydrogens is 162 g/mol. The molecule has 1 aromatic heterocycles. The first-order chi connectivity index (χ1) is 6.01. The highest BCUT2D eigenvalue weighted by atomic mass is 16.5. The van der Waals surface area contributed by atoms with E-state index >= 15 is 0 Å². The summed E-state index contributed by atoms with van der Waals surface area (Å²) in [5, 5.41) is 0. The maximum absolute atomic E-state index is 5.54. The molecule has 0 saturated heterocycles. The first-order valence-electron chi connectivity index (χ1n) is 4.13. The fraction of sp³-hybridized carbons (Fsp3) is 0.364. The Hall–Kier alpha value is -1.49. The van der Waals surface area contributed by atoms with Crippen molar-refractivity contribution in [3.05, 3.63) is 23.9 Å². The lowest BCUT2D eigenvalue weighted by Gasteiger charge is -2.20. The van der Waals surface area contributed by atoms with E-state index in [0.29, 0.717) is 5.88 Å². The van der Waals surface area contributed by atoms with Crippen molar-refractivity contribution in [1.29, 1.82) is 0 Å². The minimum Gasteiger partial charge on any atom is -0.472 e. The third-order valence-electron chi connectivity index (χ3n) is 1.31. The van der Waals surface area contributed by atoms with E-state index in [1.807, 2.05) is 20.8 Å². The molecule has 68 valence electrons. The molecule has 0 amide bonds. The number of ether oxygens (including phenoxy) is 1. The molecule has 0 radical (unpaired) electrons. The van der Waals surface area contributed by atoms with Gasteiger partial charge < -0.3 is 4.74 Å². The Morgan fingerprint density at radius 2 is 2.15 bits per heavy atom. The first-order valence-corrected chi connectivity index (χ1v) is 4.13. The number of rotatable bonds is 1. The molecule has 0 atom stereocenters. The summed E-state index contributed by atoms with van der Waals surface area (Å²) in [4.78, 5) is 4.05. The van der Waals surface area contributed by atoms with Crippen LogP contribution in [0.2, 0.25) is 0 Å². The number of aromatic nitrogens is 1. The van der Waals surface area contributed by atoms with Gasteiger partial charge in [0.05, 0.1) is 0 Å². The van der Waals surface area contributed by atoms with Gasteiger partial charge in [-0.1, -0.05) is 5.92 Å². The molecule has 0 spiro atoms. The van der Waals surface area contributed by atoms with Crippen molar-refractivity contribution in [3.63, 3.8) is 0 Å². The number of hydrogen-bond donors (Lipinski definition) is 0. The Balaban J connectivity index is 2.86. The van der Waals surface area contributed by atoms with E-state index in [-0.39, 0.29) is 5.60 Å². The van der Waals surface area contributed by atoms with Crippen LogP contribution < -0.4 is 4.74 Å². The molecule has 1 aromatic rings. The van der Waals surface area contributed by atoms with Gasteiger partial charge in [-0.15, -0.1) is 6.42 Å². The summed E-state index contributed by atoms with van der Waals surface area (Å²) in [7, 11) is 0. The molecule has 2 nitrogen and oxygen atoms in total. The summed E-state index contributed by atoms with van der Waals surface area (Å²) in [6, 6.07) is 3.53. The molecule has 1 rings (SSSR count). The summed E-state index contributed by atoms with van der Waals surface area (Å²) in [5.74, 6) is 3.11. The van der Waals surface area contributed by atoms with Crippen molar-refractivity contribution >= 4 is 0 Å². The van der Waals surface area contributed by atoms with E-state index in [1.165, 1.54) is 0 Å². The van der Waals surface area contributed by atoms with Crippen LogP contribution in [0.4, 0.5) is 0 Å². The van der Waals surface area contributed by atoms with Crippen LogP contribution in [0.25, 0.3) is 0 Å². The minimum absolute atomic E-state index is 0.236. The highest BCUT2D eigenvalue weighted by Crippen LogP contribution is 2.15. The SMILES string of the molecule is C#Cc1ccnc(OC(C)(C)C)c1. The summed E-state index contributed by atoms with van der Waals surface area (Å²) in [5.41, 5.74) is 0.550. The number of pyridine rings is 1. The monoisotopic (exact) mass is 175 g/mol. The predicted molar refractivity (Wildman–Crippen MR) is 52.6 cm³/mol. The molecule has 0 fully saturated rings. The summed E-state index contributed by atoms with van der Waals surface area (Å²) >= 11 is 0. The Morgan fingerprint density at radius 1 is 1.46 bits per heavy atom. The third kappa shape index (κ3) is 3.16. The average Bonchev–Trinajstić information content (AvgIpc) is 2.01. The second-order valence-electron chi connectivity index (χ2n) is 3.74. The van der Waals surface area contributed by atoms with Gasteiger partial charge in [-0.2, -0.15) is 0 Å². The van der Waals surface area contributed by atoms with Crippen LogP contribution in [0.3, 0.4) is 0 Å². The quantitative estimate of drug-likeness (QED) is 0.611. The van der Waals surface area contributed by atoms with Gasteiger partial charge in [0, 0.05) is 17.8 Å². The van der Waals surface area contributed by atoms with Gasteiger partial charge in [-0.25, -0.2) is 4.98 Å². The number of terminal acetylenes is 1. The molecule has 0 N–H and O–H groups in total. The molecule has 0 aliphatic heterocycles. The largest absolute Gasteiger partial charge is 0.472 e. The van der Waals surface area contributed by atoms with E-state index in [1.54, 1.807) is 18.3 Å². The Bertz CT molecular complexity index is 331. The smallest absolute Gasteiger partial charge is 0.214 e. The normalized spacial score (nSPS) is 10.6. The van der Waals surface area contributed by atoms with Gasteiger partial charge in [0.25, 0.3) is 0 Å². The summed E-state index contributed by atoms with van der Waals surface area (Å²) in [6.07, 6.45) is 6.90. The van der Waals surface area contributed by atoms with Crippen LogP contribution in [0.15, 0.2) is 18.3 Å². The Kier molecular flexibility index (Phi) is 2.57. The van der Waals surface area contributed by atoms with Crippen molar-refractivity contribution < 1.29 is 4.74 Å². The molecule has 0 bridgehead atoms. The second kappa shape index (κ2) is 3.49. The summed E-state index contributed by atoms with van der Waals surface area (Å²) < 4.78 is 5.54. The summed E-state index contributed by atoms with van der Waals surface area (Å²) in [6.45, 7) is 5.91. The maximum Gasteiger partial charge on any atom is 0.214 e. The fourth-order valence-electron chi connectivity index (χ4n) is 0.869. The van der Waals surface area contributed by atoms with Crippen LogP contribution in [-0.2, 0) is 0 Å². The van der Waals surface area contributed by atoms with Gasteiger partial charge in [0.1, 0.15) is 5.60 Å². The van der Waals surface area contributed by atoms with Gasteiger partial charge in [-0.3, -0.25) is 0 Å². The average molecular weight is 175 g/mol. The van der Waals surface area contributed by atoms with Crippen molar-refractivity contribution in [1.82, 2.24) is 4.98 Å². The number of nitrogens with zero attached hydrogens (tertiary/aromatic N) is 1. The lowest BCUT2D eigenvalue weighted by molar-refractivity contribution is 0.124. The molecule has 0 aliphatic carbocycles. The van der Waals surface area contributed by atoms with E-state index in [9.17, 15) is 0 Å². The van der Waals surface area contributed by atoms with Gasteiger partial charge >= 0.3 is 0 Å². The Morgan fingerprint density at radius 3 is 2.69 bits per heavy atom. The third-order valence-corrected chi connectivity index (χ3v) is 1.31. The van der Waals surface area contributed by atoms with Crippen LogP contribution in [0, 0.1) is 12.3 Å². The van der Waals surface area contributed by atoms with Gasteiger partial charge in [-0.05, 0) is 26.8 Å². The zero-order chi connectivity index (χ0) is 9.90. The van der Waals surface area contributed by atoms with Crippen molar-refractivity contribution in [2.24, 2.45) is 0 Å². The minimum atomic E-state index is -0.236. The molecule has 0 aromatic carbocycles. The predicted octanol–water partition coefficient (Wildman–Crippen LogP) is 2.24. The lowest BCUT2D eigenvalue weighted by Crippen LogP contribution is -2.23. The fourth-order valence-corrected chi connectivity index (χ4v) is 0.869. The topological polar surface area (TPSA) is 22.1 Å². The molecule has 0 unspecified atom stereocenters. The Labute approximate surface area is 79.0 Å². The van der Waals surface area contributed by atoms with Crippen LogP contribution in [0.5, 0.6) is 5.88 Å². The van der Waals surface area contributed by atoms with Crippen LogP contribution in [0.1, 0.15) is 26.3 Å². The first kappa shape index (κ1) is 9.60. The highest BCUT2D eigenvalue weighted by molar-refractivity contribution is 5.34. The molecule has 1 heterocycles. The lowest BCUT2D eigenvalue weighted by atomic mass is 10.2.